The normalized spacial score (nSPS) is 17.6. The van der Waals surface area contributed by atoms with E-state index in [1.165, 1.54) is 38.0 Å². The zero-order chi connectivity index (χ0) is 14.5. The van der Waals surface area contributed by atoms with Gasteiger partial charge in [0.2, 0.25) is 0 Å². The fraction of sp³-hybridized carbons (Fsp3) is 0.625. The average molecular weight is 277 g/mol. The number of nitrogens with zero attached hydrogens (tertiary/aromatic N) is 2. The van der Waals surface area contributed by atoms with Crippen LogP contribution in [0.1, 0.15) is 18.4 Å². The molecule has 1 aromatic carbocycles. The third-order valence-corrected chi connectivity index (χ3v) is 3.96. The van der Waals surface area contributed by atoms with Gasteiger partial charge < -0.3 is 15.4 Å². The van der Waals surface area contributed by atoms with Gasteiger partial charge in [-0.25, -0.2) is 0 Å². The van der Waals surface area contributed by atoms with Crippen molar-refractivity contribution in [1.82, 2.24) is 9.80 Å². The minimum absolute atomic E-state index is 0.779. The van der Waals surface area contributed by atoms with Crippen LogP contribution in [0.3, 0.4) is 0 Å². The molecule has 1 aromatic rings. The van der Waals surface area contributed by atoms with Crippen molar-refractivity contribution < 1.29 is 4.74 Å². The standard InChI is InChI=1S/C16H27N3O/c1-18(2)11-13-4-6-19(7-5-13)12-14-8-15(17)10-16(9-14)20-3/h8-10,13H,4-7,11-12,17H2,1-3H3. The first-order valence-electron chi connectivity index (χ1n) is 7.37. The lowest BCUT2D eigenvalue weighted by Crippen LogP contribution is -2.36. The first-order chi connectivity index (χ1) is 9.56. The molecule has 0 spiro atoms. The van der Waals surface area contributed by atoms with E-state index in [2.05, 4.69) is 36.0 Å². The second-order valence-corrected chi connectivity index (χ2v) is 6.10. The van der Waals surface area contributed by atoms with Crippen molar-refractivity contribution in [2.75, 3.05) is 46.6 Å². The van der Waals surface area contributed by atoms with Crippen LogP contribution in [-0.4, -0.2) is 50.6 Å². The maximum Gasteiger partial charge on any atom is 0.121 e. The molecule has 20 heavy (non-hydrogen) atoms. The van der Waals surface area contributed by atoms with Crippen LogP contribution >= 0.6 is 0 Å². The summed E-state index contributed by atoms with van der Waals surface area (Å²) in [4.78, 5) is 4.81. The molecule has 2 rings (SSSR count). The molecule has 2 N–H and O–H groups in total. The number of nitrogens with two attached hydrogens (primary N) is 1. The molecule has 0 unspecified atom stereocenters. The van der Waals surface area contributed by atoms with Crippen LogP contribution < -0.4 is 10.5 Å². The molecule has 0 radical (unpaired) electrons. The Morgan fingerprint density at radius 3 is 2.55 bits per heavy atom. The molecule has 0 bridgehead atoms. The van der Waals surface area contributed by atoms with E-state index < -0.39 is 0 Å². The fourth-order valence-electron chi connectivity index (χ4n) is 3.00. The number of anilines is 1. The number of nitrogen functional groups attached to an aromatic ring is 1. The maximum atomic E-state index is 5.91. The van der Waals surface area contributed by atoms with Crippen molar-refractivity contribution >= 4 is 5.69 Å². The highest BCUT2D eigenvalue weighted by atomic mass is 16.5. The highest BCUT2D eigenvalue weighted by molar-refractivity contribution is 5.47. The van der Waals surface area contributed by atoms with Gasteiger partial charge in [-0.2, -0.15) is 0 Å². The monoisotopic (exact) mass is 277 g/mol. The Kier molecular flexibility index (Phi) is 5.26. The molecular weight excluding hydrogens is 250 g/mol. The number of methoxy groups -OCH3 is 1. The van der Waals surface area contributed by atoms with E-state index in [0.29, 0.717) is 0 Å². The van der Waals surface area contributed by atoms with Crippen LogP contribution in [0.15, 0.2) is 18.2 Å². The summed E-state index contributed by atoms with van der Waals surface area (Å²) < 4.78 is 5.28. The van der Waals surface area contributed by atoms with Gasteiger partial charge in [0.15, 0.2) is 0 Å². The first kappa shape index (κ1) is 15.1. The molecule has 1 aliphatic heterocycles. The van der Waals surface area contributed by atoms with Crippen molar-refractivity contribution in [2.24, 2.45) is 5.92 Å². The molecular formula is C16H27N3O. The summed E-state index contributed by atoms with van der Waals surface area (Å²) in [5.41, 5.74) is 7.94. The van der Waals surface area contributed by atoms with Crippen molar-refractivity contribution in [3.8, 4) is 5.75 Å². The van der Waals surface area contributed by atoms with E-state index in [0.717, 1.165) is 23.9 Å². The van der Waals surface area contributed by atoms with E-state index in [4.69, 9.17) is 10.5 Å². The predicted octanol–water partition coefficient (Wildman–Crippen LogP) is 2.05. The van der Waals surface area contributed by atoms with Gasteiger partial charge in [-0.1, -0.05) is 0 Å². The number of piperidine rings is 1. The van der Waals surface area contributed by atoms with Gasteiger partial charge in [-0.05, 0) is 63.6 Å². The van der Waals surface area contributed by atoms with E-state index >= 15 is 0 Å². The molecule has 1 heterocycles. The Balaban J connectivity index is 1.87. The van der Waals surface area contributed by atoms with E-state index in [1.54, 1.807) is 7.11 Å². The maximum absolute atomic E-state index is 5.91. The third-order valence-electron chi connectivity index (χ3n) is 3.96. The third kappa shape index (κ3) is 4.39. The topological polar surface area (TPSA) is 41.7 Å². The van der Waals surface area contributed by atoms with Gasteiger partial charge in [0.25, 0.3) is 0 Å². The summed E-state index contributed by atoms with van der Waals surface area (Å²) in [5, 5.41) is 0. The lowest BCUT2D eigenvalue weighted by atomic mass is 9.96. The minimum Gasteiger partial charge on any atom is -0.497 e. The minimum atomic E-state index is 0.779. The lowest BCUT2D eigenvalue weighted by Gasteiger charge is -2.33. The molecule has 1 aliphatic rings. The Labute approximate surface area is 122 Å². The van der Waals surface area contributed by atoms with E-state index in [-0.39, 0.29) is 0 Å². The smallest absolute Gasteiger partial charge is 0.121 e. The van der Waals surface area contributed by atoms with E-state index in [9.17, 15) is 0 Å². The quantitative estimate of drug-likeness (QED) is 0.837. The Morgan fingerprint density at radius 2 is 1.95 bits per heavy atom. The number of ether oxygens (including phenoxy) is 1. The largest absolute Gasteiger partial charge is 0.497 e. The van der Waals surface area contributed by atoms with Crippen LogP contribution in [0, 0.1) is 5.92 Å². The number of likely N-dealkylation sites (tertiary alicyclic amines) is 1. The summed E-state index contributed by atoms with van der Waals surface area (Å²) in [6.07, 6.45) is 2.58. The number of hydrogen-bond donors (Lipinski definition) is 1. The first-order valence-corrected chi connectivity index (χ1v) is 7.37. The molecule has 0 amide bonds. The second-order valence-electron chi connectivity index (χ2n) is 6.10. The average Bonchev–Trinajstić information content (AvgIpc) is 2.39. The zero-order valence-corrected chi connectivity index (χ0v) is 12.9. The van der Waals surface area contributed by atoms with Crippen molar-refractivity contribution in [2.45, 2.75) is 19.4 Å². The predicted molar refractivity (Wildman–Crippen MR) is 84.0 cm³/mol. The molecule has 1 fully saturated rings. The molecule has 1 saturated heterocycles. The summed E-state index contributed by atoms with van der Waals surface area (Å²) in [7, 11) is 6.00. The van der Waals surface area contributed by atoms with Crippen LogP contribution in [0.25, 0.3) is 0 Å². The highest BCUT2D eigenvalue weighted by Crippen LogP contribution is 2.23. The van der Waals surface area contributed by atoms with Gasteiger partial charge in [0.1, 0.15) is 5.75 Å². The molecule has 4 heteroatoms. The molecule has 112 valence electrons. The SMILES string of the molecule is COc1cc(N)cc(CN2CCC(CN(C)C)CC2)c1. The van der Waals surface area contributed by atoms with Gasteiger partial charge in [0.05, 0.1) is 7.11 Å². The Morgan fingerprint density at radius 1 is 1.25 bits per heavy atom. The summed E-state index contributed by atoms with van der Waals surface area (Å²) in [5.74, 6) is 1.69. The van der Waals surface area contributed by atoms with Gasteiger partial charge >= 0.3 is 0 Å². The van der Waals surface area contributed by atoms with Crippen LogP contribution in [0.2, 0.25) is 0 Å². The van der Waals surface area contributed by atoms with Crippen molar-refractivity contribution in [3.63, 3.8) is 0 Å². The lowest BCUT2D eigenvalue weighted by molar-refractivity contribution is 0.157. The molecule has 4 nitrogen and oxygen atoms in total. The molecule has 0 aliphatic carbocycles. The van der Waals surface area contributed by atoms with Gasteiger partial charge in [-0.3, -0.25) is 4.90 Å². The summed E-state index contributed by atoms with van der Waals surface area (Å²) in [6, 6.07) is 6.00. The Hall–Kier alpha value is -1.26. The van der Waals surface area contributed by atoms with Crippen molar-refractivity contribution in [1.29, 1.82) is 0 Å². The van der Waals surface area contributed by atoms with Gasteiger partial charge in [0, 0.05) is 24.8 Å². The number of benzene rings is 1. The molecule has 0 saturated carbocycles. The molecule has 0 aromatic heterocycles. The van der Waals surface area contributed by atoms with Crippen LogP contribution in [0.4, 0.5) is 5.69 Å². The Bertz CT molecular complexity index is 426. The van der Waals surface area contributed by atoms with Crippen molar-refractivity contribution in [3.05, 3.63) is 23.8 Å². The summed E-state index contributed by atoms with van der Waals surface area (Å²) in [6.45, 7) is 4.53. The second kappa shape index (κ2) is 6.95. The van der Waals surface area contributed by atoms with Crippen LogP contribution in [0.5, 0.6) is 5.75 Å². The zero-order valence-electron chi connectivity index (χ0n) is 12.9. The van der Waals surface area contributed by atoms with Gasteiger partial charge in [-0.15, -0.1) is 0 Å². The molecule has 0 atom stereocenters. The number of hydrogen-bond acceptors (Lipinski definition) is 4. The van der Waals surface area contributed by atoms with Crippen LogP contribution in [-0.2, 0) is 6.54 Å². The highest BCUT2D eigenvalue weighted by Gasteiger charge is 2.19. The summed E-state index contributed by atoms with van der Waals surface area (Å²) >= 11 is 0. The van der Waals surface area contributed by atoms with E-state index in [1.807, 2.05) is 6.07 Å². The fourth-order valence-corrected chi connectivity index (χ4v) is 3.00. The number of rotatable bonds is 5.